The molecule has 0 aliphatic rings. The van der Waals surface area contributed by atoms with E-state index < -0.39 is 5.91 Å². The summed E-state index contributed by atoms with van der Waals surface area (Å²) in [5, 5.41) is 9.06. The van der Waals surface area contributed by atoms with E-state index in [1.165, 1.54) is 18.2 Å². The molecule has 8 heteroatoms. The quantitative estimate of drug-likeness (QED) is 0.683. The third-order valence-electron chi connectivity index (χ3n) is 4.05. The molecule has 2 aromatic carbocycles. The van der Waals surface area contributed by atoms with E-state index in [1.54, 1.807) is 31.2 Å². The number of nitrogens with zero attached hydrogens (tertiary/aromatic N) is 2. The van der Waals surface area contributed by atoms with E-state index in [-0.39, 0.29) is 18.3 Å². The summed E-state index contributed by atoms with van der Waals surface area (Å²) in [5.41, 5.74) is 2.22. The zero-order valence-corrected chi connectivity index (χ0v) is 15.5. The second-order valence-corrected chi connectivity index (χ2v) is 6.13. The summed E-state index contributed by atoms with van der Waals surface area (Å²) < 4.78 is 18.2. The van der Waals surface area contributed by atoms with Crippen LogP contribution in [0.15, 0.2) is 47.0 Å². The molecule has 0 atom stereocenters. The number of carbonyl (C=O) groups excluding carboxylic acids is 2. The van der Waals surface area contributed by atoms with Crippen molar-refractivity contribution in [1.29, 1.82) is 0 Å². The van der Waals surface area contributed by atoms with Gasteiger partial charge in [-0.05, 0) is 42.8 Å². The molecular formula is C20H19FN4O3. The van der Waals surface area contributed by atoms with Gasteiger partial charge in [0.05, 0.1) is 6.54 Å². The highest BCUT2D eigenvalue weighted by atomic mass is 19.1. The summed E-state index contributed by atoms with van der Waals surface area (Å²) >= 11 is 0. The molecule has 144 valence electrons. The van der Waals surface area contributed by atoms with Gasteiger partial charge in [-0.1, -0.05) is 24.2 Å². The summed E-state index contributed by atoms with van der Waals surface area (Å²) in [4.78, 5) is 28.5. The fourth-order valence-corrected chi connectivity index (χ4v) is 2.51. The van der Waals surface area contributed by atoms with E-state index in [2.05, 4.69) is 20.8 Å². The van der Waals surface area contributed by atoms with Crippen molar-refractivity contribution < 1.29 is 18.5 Å². The van der Waals surface area contributed by atoms with Crippen molar-refractivity contribution in [2.24, 2.45) is 0 Å². The van der Waals surface area contributed by atoms with Gasteiger partial charge in [0, 0.05) is 23.2 Å². The van der Waals surface area contributed by atoms with Crippen LogP contribution in [0, 0.1) is 12.7 Å². The normalized spacial score (nSPS) is 10.5. The summed E-state index contributed by atoms with van der Waals surface area (Å²) in [5.74, 6) is -0.172. The van der Waals surface area contributed by atoms with E-state index in [0.717, 1.165) is 5.56 Å². The maximum atomic E-state index is 13.1. The number of hydrogen-bond donors (Lipinski definition) is 2. The third kappa shape index (κ3) is 4.59. The van der Waals surface area contributed by atoms with E-state index in [0.29, 0.717) is 35.0 Å². The minimum absolute atomic E-state index is 0.206. The first kappa shape index (κ1) is 19.2. The van der Waals surface area contributed by atoms with E-state index in [9.17, 15) is 14.0 Å². The van der Waals surface area contributed by atoms with Crippen molar-refractivity contribution in [1.82, 2.24) is 15.5 Å². The van der Waals surface area contributed by atoms with Gasteiger partial charge in [-0.3, -0.25) is 9.59 Å². The molecule has 2 N–H and O–H groups in total. The predicted octanol–water partition coefficient (Wildman–Crippen LogP) is 3.12. The molecule has 3 rings (SSSR count). The van der Waals surface area contributed by atoms with Gasteiger partial charge in [-0.25, -0.2) is 4.39 Å². The Bertz CT molecular complexity index is 999. The number of nitrogens with one attached hydrogen (secondary N) is 2. The van der Waals surface area contributed by atoms with Crippen LogP contribution in [0.2, 0.25) is 0 Å². The van der Waals surface area contributed by atoms with E-state index >= 15 is 0 Å². The number of hydrogen-bond acceptors (Lipinski definition) is 5. The molecule has 0 aliphatic heterocycles. The van der Waals surface area contributed by atoms with Gasteiger partial charge in [0.2, 0.25) is 17.6 Å². The Morgan fingerprint density at radius 2 is 1.89 bits per heavy atom. The van der Waals surface area contributed by atoms with Crippen molar-refractivity contribution >= 4 is 17.5 Å². The molecule has 0 radical (unpaired) electrons. The van der Waals surface area contributed by atoms with Crippen LogP contribution >= 0.6 is 0 Å². The molecule has 0 bridgehead atoms. The lowest BCUT2D eigenvalue weighted by atomic mass is 10.1. The molecule has 1 aromatic heterocycles. The Kier molecular flexibility index (Phi) is 5.78. The molecule has 0 fully saturated rings. The first-order chi connectivity index (χ1) is 13.5. The molecule has 1 heterocycles. The van der Waals surface area contributed by atoms with Gasteiger partial charge in [0.1, 0.15) is 5.82 Å². The van der Waals surface area contributed by atoms with Crippen LogP contribution in [-0.2, 0) is 11.2 Å². The highest BCUT2D eigenvalue weighted by Crippen LogP contribution is 2.17. The summed E-state index contributed by atoms with van der Waals surface area (Å²) in [6.07, 6.45) is 0.646. The van der Waals surface area contributed by atoms with Gasteiger partial charge in [-0.15, -0.1) is 0 Å². The number of carbonyl (C=O) groups is 2. The van der Waals surface area contributed by atoms with Crippen LogP contribution in [0.3, 0.4) is 0 Å². The Morgan fingerprint density at radius 1 is 1.14 bits per heavy atom. The average Bonchev–Trinajstić information content (AvgIpc) is 3.18. The third-order valence-corrected chi connectivity index (χ3v) is 4.05. The number of aromatic nitrogens is 2. The standard InChI is InChI=1S/C20H19FN4O3/c1-3-18-24-19(25-28-18)13-4-6-14(7-5-13)20(27)22-11-17(26)23-16-9-8-15(21)10-12(16)2/h4-10H,3,11H2,1-2H3,(H,22,27)(H,23,26). The number of benzene rings is 2. The topological polar surface area (TPSA) is 97.1 Å². The average molecular weight is 382 g/mol. The molecule has 3 aromatic rings. The highest BCUT2D eigenvalue weighted by Gasteiger charge is 2.11. The SMILES string of the molecule is CCc1nc(-c2ccc(C(=O)NCC(=O)Nc3ccc(F)cc3C)cc2)no1. The molecule has 0 unspecified atom stereocenters. The largest absolute Gasteiger partial charge is 0.343 e. The van der Waals surface area contributed by atoms with Crippen LogP contribution in [0.5, 0.6) is 0 Å². The van der Waals surface area contributed by atoms with Gasteiger partial charge < -0.3 is 15.2 Å². The molecule has 0 saturated carbocycles. The molecule has 0 spiro atoms. The second-order valence-electron chi connectivity index (χ2n) is 6.13. The van der Waals surface area contributed by atoms with Crippen molar-refractivity contribution in [2.45, 2.75) is 20.3 Å². The van der Waals surface area contributed by atoms with Gasteiger partial charge >= 0.3 is 0 Å². The van der Waals surface area contributed by atoms with Crippen LogP contribution in [0.25, 0.3) is 11.4 Å². The molecular weight excluding hydrogens is 363 g/mol. The van der Waals surface area contributed by atoms with Crippen LogP contribution in [0.4, 0.5) is 10.1 Å². The zero-order valence-electron chi connectivity index (χ0n) is 15.5. The molecule has 28 heavy (non-hydrogen) atoms. The Labute approximate surface area is 161 Å². The number of anilines is 1. The van der Waals surface area contributed by atoms with Crippen molar-refractivity contribution in [3.8, 4) is 11.4 Å². The Hall–Kier alpha value is -3.55. The monoisotopic (exact) mass is 382 g/mol. The highest BCUT2D eigenvalue weighted by molar-refractivity contribution is 5.99. The van der Waals surface area contributed by atoms with Gasteiger partial charge in [0.25, 0.3) is 5.91 Å². The first-order valence-electron chi connectivity index (χ1n) is 8.73. The Morgan fingerprint density at radius 3 is 2.54 bits per heavy atom. The number of halogens is 1. The number of amides is 2. The minimum Gasteiger partial charge on any atom is -0.343 e. The van der Waals surface area contributed by atoms with E-state index in [4.69, 9.17) is 4.52 Å². The van der Waals surface area contributed by atoms with E-state index in [1.807, 2.05) is 6.92 Å². The van der Waals surface area contributed by atoms with Crippen LogP contribution < -0.4 is 10.6 Å². The molecule has 7 nitrogen and oxygen atoms in total. The fraction of sp³-hybridized carbons (Fsp3) is 0.200. The maximum Gasteiger partial charge on any atom is 0.251 e. The predicted molar refractivity (Wildman–Crippen MR) is 101 cm³/mol. The lowest BCUT2D eigenvalue weighted by molar-refractivity contribution is -0.115. The lowest BCUT2D eigenvalue weighted by Gasteiger charge is -2.09. The second kappa shape index (κ2) is 8.43. The van der Waals surface area contributed by atoms with Crippen molar-refractivity contribution in [3.63, 3.8) is 0 Å². The smallest absolute Gasteiger partial charge is 0.251 e. The fourth-order valence-electron chi connectivity index (χ4n) is 2.51. The Balaban J connectivity index is 1.56. The zero-order chi connectivity index (χ0) is 20.1. The van der Waals surface area contributed by atoms with Crippen LogP contribution in [0.1, 0.15) is 28.7 Å². The van der Waals surface area contributed by atoms with Crippen LogP contribution in [-0.4, -0.2) is 28.5 Å². The number of aryl methyl sites for hydroxylation is 2. The minimum atomic E-state index is -0.404. The van der Waals surface area contributed by atoms with Crippen molar-refractivity contribution in [3.05, 3.63) is 65.3 Å². The van der Waals surface area contributed by atoms with Gasteiger partial charge in [0.15, 0.2) is 0 Å². The molecule has 2 amide bonds. The first-order valence-corrected chi connectivity index (χ1v) is 8.73. The summed E-state index contributed by atoms with van der Waals surface area (Å²) in [6, 6.07) is 10.7. The molecule has 0 saturated heterocycles. The number of rotatable bonds is 6. The maximum absolute atomic E-state index is 13.1. The lowest BCUT2D eigenvalue weighted by Crippen LogP contribution is -2.33. The van der Waals surface area contributed by atoms with Crippen molar-refractivity contribution in [2.75, 3.05) is 11.9 Å². The summed E-state index contributed by atoms with van der Waals surface area (Å²) in [6.45, 7) is 3.40. The molecule has 0 aliphatic carbocycles. The van der Waals surface area contributed by atoms with Gasteiger partial charge in [-0.2, -0.15) is 4.98 Å². The summed E-state index contributed by atoms with van der Waals surface area (Å²) in [7, 11) is 0.